The summed E-state index contributed by atoms with van der Waals surface area (Å²) in [5.41, 5.74) is 4.79. The molecule has 1 atom stereocenters. The molecule has 0 aliphatic rings. The average molecular weight is 209 g/mol. The summed E-state index contributed by atoms with van der Waals surface area (Å²) in [6, 6.07) is 6.91. The van der Waals surface area contributed by atoms with Crippen LogP contribution in [0.5, 0.6) is 5.75 Å². The highest BCUT2D eigenvalue weighted by atomic mass is 16.5. The molecular formula is C11H15NO3. The van der Waals surface area contributed by atoms with Crippen molar-refractivity contribution in [1.82, 2.24) is 0 Å². The number of para-hydroxylation sites is 1. The van der Waals surface area contributed by atoms with E-state index in [9.17, 15) is 4.79 Å². The van der Waals surface area contributed by atoms with Crippen molar-refractivity contribution < 1.29 is 14.6 Å². The van der Waals surface area contributed by atoms with Gasteiger partial charge in [-0.05, 0) is 19.9 Å². The average Bonchev–Trinajstić information content (AvgIpc) is 2.18. The van der Waals surface area contributed by atoms with Gasteiger partial charge in [-0.25, -0.2) is 4.79 Å². The molecule has 0 aliphatic carbocycles. The van der Waals surface area contributed by atoms with Crippen LogP contribution in [-0.4, -0.2) is 17.7 Å². The quantitative estimate of drug-likeness (QED) is 0.785. The summed E-state index contributed by atoms with van der Waals surface area (Å²) in [5.74, 6) is -0.554. The predicted molar refractivity (Wildman–Crippen MR) is 56.8 cm³/mol. The van der Waals surface area contributed by atoms with Crippen LogP contribution in [0.4, 0.5) is 0 Å². The van der Waals surface area contributed by atoms with Crippen molar-refractivity contribution >= 4 is 5.97 Å². The number of benzene rings is 1. The topological polar surface area (TPSA) is 72.5 Å². The van der Waals surface area contributed by atoms with Gasteiger partial charge in [-0.1, -0.05) is 18.2 Å². The molecule has 0 aromatic heterocycles. The molecule has 0 radical (unpaired) electrons. The molecule has 0 fully saturated rings. The summed E-state index contributed by atoms with van der Waals surface area (Å²) >= 11 is 0. The number of nitrogens with two attached hydrogens (primary N) is 1. The minimum atomic E-state index is -1.42. The van der Waals surface area contributed by atoms with E-state index >= 15 is 0 Å². The third-order valence-corrected chi connectivity index (χ3v) is 2.19. The van der Waals surface area contributed by atoms with Gasteiger partial charge in [0.2, 0.25) is 0 Å². The van der Waals surface area contributed by atoms with Crippen molar-refractivity contribution in [2.75, 3.05) is 6.61 Å². The summed E-state index contributed by atoms with van der Waals surface area (Å²) in [6.07, 6.45) is 0. The summed E-state index contributed by atoms with van der Waals surface area (Å²) in [5, 5.41) is 9.01. The second-order valence-corrected chi connectivity index (χ2v) is 3.44. The number of ether oxygens (including phenoxy) is 1. The Balaban J connectivity index is 3.18. The Kier molecular flexibility index (Phi) is 3.31. The number of hydrogen-bond acceptors (Lipinski definition) is 3. The molecule has 0 heterocycles. The molecule has 82 valence electrons. The fourth-order valence-corrected chi connectivity index (χ4v) is 1.29. The van der Waals surface area contributed by atoms with Crippen LogP contribution in [0.3, 0.4) is 0 Å². The second kappa shape index (κ2) is 4.31. The molecule has 4 nitrogen and oxygen atoms in total. The maximum absolute atomic E-state index is 11.0. The molecule has 1 aromatic rings. The van der Waals surface area contributed by atoms with Crippen LogP contribution < -0.4 is 10.5 Å². The molecule has 4 heteroatoms. The molecule has 0 saturated carbocycles. The Morgan fingerprint density at radius 1 is 1.53 bits per heavy atom. The van der Waals surface area contributed by atoms with Gasteiger partial charge in [-0.15, -0.1) is 0 Å². The lowest BCUT2D eigenvalue weighted by atomic mass is 9.92. The maximum Gasteiger partial charge on any atom is 0.328 e. The maximum atomic E-state index is 11.0. The predicted octanol–water partition coefficient (Wildman–Crippen LogP) is 1.34. The lowest BCUT2D eigenvalue weighted by Crippen LogP contribution is -2.42. The van der Waals surface area contributed by atoms with E-state index in [2.05, 4.69) is 0 Å². The highest BCUT2D eigenvalue weighted by molar-refractivity contribution is 5.81. The Morgan fingerprint density at radius 2 is 2.13 bits per heavy atom. The van der Waals surface area contributed by atoms with E-state index in [1.807, 2.05) is 6.92 Å². The number of carbonyl (C=O) groups is 1. The highest BCUT2D eigenvalue weighted by Gasteiger charge is 2.32. The van der Waals surface area contributed by atoms with Crippen LogP contribution in [-0.2, 0) is 10.3 Å². The zero-order chi connectivity index (χ0) is 11.5. The van der Waals surface area contributed by atoms with Crippen molar-refractivity contribution in [3.63, 3.8) is 0 Å². The van der Waals surface area contributed by atoms with Gasteiger partial charge in [-0.2, -0.15) is 0 Å². The molecule has 0 saturated heterocycles. The van der Waals surface area contributed by atoms with E-state index in [0.29, 0.717) is 17.9 Å². The number of aliphatic carboxylic acids is 1. The van der Waals surface area contributed by atoms with Crippen LogP contribution in [0.2, 0.25) is 0 Å². The number of carboxylic acids is 1. The van der Waals surface area contributed by atoms with E-state index in [1.54, 1.807) is 24.3 Å². The van der Waals surface area contributed by atoms with Gasteiger partial charge in [0.1, 0.15) is 11.3 Å². The first-order valence-electron chi connectivity index (χ1n) is 4.74. The van der Waals surface area contributed by atoms with Gasteiger partial charge < -0.3 is 15.6 Å². The van der Waals surface area contributed by atoms with Crippen LogP contribution in [0.15, 0.2) is 24.3 Å². The molecule has 3 N–H and O–H groups in total. The van der Waals surface area contributed by atoms with Crippen molar-refractivity contribution in [2.45, 2.75) is 19.4 Å². The molecule has 1 aromatic carbocycles. The van der Waals surface area contributed by atoms with Crippen LogP contribution in [0, 0.1) is 0 Å². The van der Waals surface area contributed by atoms with Crippen LogP contribution in [0.1, 0.15) is 19.4 Å². The number of rotatable bonds is 4. The molecule has 0 amide bonds. The standard InChI is InChI=1S/C11H15NO3/c1-3-15-9-7-5-4-6-8(9)11(2,12)10(13)14/h4-7H,3,12H2,1-2H3,(H,13,14). The van der Waals surface area contributed by atoms with Crippen molar-refractivity contribution in [2.24, 2.45) is 5.73 Å². The third-order valence-electron chi connectivity index (χ3n) is 2.19. The number of hydrogen-bond donors (Lipinski definition) is 2. The van der Waals surface area contributed by atoms with E-state index in [1.165, 1.54) is 6.92 Å². The normalized spacial score (nSPS) is 14.3. The van der Waals surface area contributed by atoms with Gasteiger partial charge in [0.05, 0.1) is 6.61 Å². The minimum absolute atomic E-state index is 0.479. The van der Waals surface area contributed by atoms with Gasteiger partial charge in [0.15, 0.2) is 0 Å². The van der Waals surface area contributed by atoms with Crippen molar-refractivity contribution in [3.8, 4) is 5.75 Å². The summed E-state index contributed by atoms with van der Waals surface area (Å²) < 4.78 is 5.33. The lowest BCUT2D eigenvalue weighted by molar-refractivity contribution is -0.143. The molecule has 1 unspecified atom stereocenters. The largest absolute Gasteiger partial charge is 0.494 e. The fourth-order valence-electron chi connectivity index (χ4n) is 1.29. The zero-order valence-electron chi connectivity index (χ0n) is 8.86. The summed E-state index contributed by atoms with van der Waals surface area (Å²) in [6.45, 7) is 3.77. The van der Waals surface area contributed by atoms with E-state index in [4.69, 9.17) is 15.6 Å². The Bertz CT molecular complexity index is 361. The molecule has 0 aliphatic heterocycles. The minimum Gasteiger partial charge on any atom is -0.494 e. The first-order valence-corrected chi connectivity index (χ1v) is 4.74. The molecular weight excluding hydrogens is 194 g/mol. The highest BCUT2D eigenvalue weighted by Crippen LogP contribution is 2.28. The van der Waals surface area contributed by atoms with Gasteiger partial charge >= 0.3 is 5.97 Å². The second-order valence-electron chi connectivity index (χ2n) is 3.44. The Morgan fingerprint density at radius 3 is 2.67 bits per heavy atom. The molecule has 0 spiro atoms. The summed E-state index contributed by atoms with van der Waals surface area (Å²) in [7, 11) is 0. The van der Waals surface area contributed by atoms with Gasteiger partial charge in [0, 0.05) is 5.56 Å². The van der Waals surface area contributed by atoms with E-state index < -0.39 is 11.5 Å². The van der Waals surface area contributed by atoms with Gasteiger partial charge in [-0.3, -0.25) is 0 Å². The van der Waals surface area contributed by atoms with Gasteiger partial charge in [0.25, 0.3) is 0 Å². The number of carboxylic acid groups (broad SMARTS) is 1. The fraction of sp³-hybridized carbons (Fsp3) is 0.364. The molecule has 15 heavy (non-hydrogen) atoms. The SMILES string of the molecule is CCOc1ccccc1C(C)(N)C(=O)O. The van der Waals surface area contributed by atoms with E-state index in [-0.39, 0.29) is 0 Å². The lowest BCUT2D eigenvalue weighted by Gasteiger charge is -2.22. The Labute approximate surface area is 88.7 Å². The molecule has 0 bridgehead atoms. The smallest absolute Gasteiger partial charge is 0.328 e. The molecule has 1 rings (SSSR count). The van der Waals surface area contributed by atoms with Crippen LogP contribution >= 0.6 is 0 Å². The monoisotopic (exact) mass is 209 g/mol. The van der Waals surface area contributed by atoms with Crippen molar-refractivity contribution in [1.29, 1.82) is 0 Å². The first-order chi connectivity index (χ1) is 7.00. The van der Waals surface area contributed by atoms with E-state index in [0.717, 1.165) is 0 Å². The zero-order valence-corrected chi connectivity index (χ0v) is 8.86. The first kappa shape index (κ1) is 11.5. The van der Waals surface area contributed by atoms with Crippen molar-refractivity contribution in [3.05, 3.63) is 29.8 Å². The summed E-state index contributed by atoms with van der Waals surface area (Å²) in [4.78, 5) is 11.0. The van der Waals surface area contributed by atoms with Crippen LogP contribution in [0.25, 0.3) is 0 Å². The Hall–Kier alpha value is -1.55. The third kappa shape index (κ3) is 2.27.